The third-order valence-electron chi connectivity index (χ3n) is 4.15. The van der Waals surface area contributed by atoms with E-state index in [1.165, 1.54) is 11.1 Å². The number of nitrogens with one attached hydrogen (secondary N) is 2. The molecule has 0 unspecified atom stereocenters. The van der Waals surface area contributed by atoms with Gasteiger partial charge in [0.2, 0.25) is 11.8 Å². The third-order valence-corrected chi connectivity index (χ3v) is 4.15. The van der Waals surface area contributed by atoms with Crippen LogP contribution in [0, 0.1) is 0 Å². The lowest BCUT2D eigenvalue weighted by Crippen LogP contribution is -2.33. The van der Waals surface area contributed by atoms with Gasteiger partial charge in [0, 0.05) is 18.9 Å². The molecular formula is C19H21N3O3. The largest absolute Gasteiger partial charge is 0.362 e. The van der Waals surface area contributed by atoms with E-state index in [1.54, 1.807) is 12.4 Å². The molecule has 1 aromatic carbocycles. The van der Waals surface area contributed by atoms with Crippen molar-refractivity contribution in [1.82, 2.24) is 15.6 Å². The molecule has 3 rings (SSSR count). The van der Waals surface area contributed by atoms with Crippen molar-refractivity contribution in [3.63, 3.8) is 0 Å². The molecule has 0 spiro atoms. The number of amides is 2. The monoisotopic (exact) mass is 339 g/mol. The summed E-state index contributed by atoms with van der Waals surface area (Å²) >= 11 is 0. The highest BCUT2D eigenvalue weighted by molar-refractivity contribution is 5.80. The molecule has 6 nitrogen and oxygen atoms in total. The first kappa shape index (κ1) is 17.1. The SMILES string of the molecule is O=C(COCC(=O)N[C@H]1CCc2ccccc21)NCc1cccnc1. The molecule has 2 amide bonds. The molecule has 1 heterocycles. The average molecular weight is 339 g/mol. The Balaban J connectivity index is 1.35. The van der Waals surface area contributed by atoms with Gasteiger partial charge in [-0.1, -0.05) is 30.3 Å². The Morgan fingerprint density at radius 2 is 1.96 bits per heavy atom. The fraction of sp³-hybridized carbons (Fsp3) is 0.316. The highest BCUT2D eigenvalue weighted by atomic mass is 16.5. The van der Waals surface area contributed by atoms with E-state index in [-0.39, 0.29) is 31.1 Å². The van der Waals surface area contributed by atoms with Gasteiger partial charge < -0.3 is 15.4 Å². The van der Waals surface area contributed by atoms with Crippen LogP contribution >= 0.6 is 0 Å². The van der Waals surface area contributed by atoms with Gasteiger partial charge in [0.25, 0.3) is 0 Å². The quantitative estimate of drug-likeness (QED) is 0.801. The van der Waals surface area contributed by atoms with E-state index in [0.29, 0.717) is 6.54 Å². The van der Waals surface area contributed by atoms with Gasteiger partial charge in [-0.25, -0.2) is 0 Å². The molecule has 0 radical (unpaired) electrons. The maximum Gasteiger partial charge on any atom is 0.246 e. The summed E-state index contributed by atoms with van der Waals surface area (Å²) in [5.41, 5.74) is 3.36. The first-order chi connectivity index (χ1) is 12.2. The van der Waals surface area contributed by atoms with Crippen molar-refractivity contribution in [2.75, 3.05) is 13.2 Å². The molecule has 130 valence electrons. The van der Waals surface area contributed by atoms with Crippen molar-refractivity contribution >= 4 is 11.8 Å². The fourth-order valence-corrected chi connectivity index (χ4v) is 2.93. The van der Waals surface area contributed by atoms with E-state index in [2.05, 4.69) is 21.7 Å². The molecule has 0 fully saturated rings. The van der Waals surface area contributed by atoms with E-state index in [0.717, 1.165) is 18.4 Å². The molecule has 1 aliphatic carbocycles. The number of carbonyl (C=O) groups is 2. The maximum absolute atomic E-state index is 12.0. The zero-order valence-corrected chi connectivity index (χ0v) is 13.9. The normalized spacial score (nSPS) is 15.4. The molecule has 0 saturated heterocycles. The second kappa shape index (κ2) is 8.39. The highest BCUT2D eigenvalue weighted by Crippen LogP contribution is 2.30. The summed E-state index contributed by atoms with van der Waals surface area (Å²) in [6, 6.07) is 11.8. The highest BCUT2D eigenvalue weighted by Gasteiger charge is 2.23. The Labute approximate surface area is 146 Å². The molecule has 0 saturated carbocycles. The predicted molar refractivity (Wildman–Crippen MR) is 92.5 cm³/mol. The van der Waals surface area contributed by atoms with Crippen LogP contribution in [0.2, 0.25) is 0 Å². The lowest BCUT2D eigenvalue weighted by atomic mass is 10.1. The number of fused-ring (bicyclic) bond motifs is 1. The molecule has 1 aromatic heterocycles. The summed E-state index contributed by atoms with van der Waals surface area (Å²) in [7, 11) is 0. The minimum atomic E-state index is -0.261. The van der Waals surface area contributed by atoms with Crippen LogP contribution in [0.1, 0.15) is 29.2 Å². The van der Waals surface area contributed by atoms with Gasteiger partial charge in [0.05, 0.1) is 6.04 Å². The topological polar surface area (TPSA) is 80.3 Å². The molecular weight excluding hydrogens is 318 g/mol. The number of hydrogen-bond donors (Lipinski definition) is 2. The van der Waals surface area contributed by atoms with Gasteiger partial charge in [0.15, 0.2) is 0 Å². The second-order valence-electron chi connectivity index (χ2n) is 5.99. The first-order valence-corrected chi connectivity index (χ1v) is 8.33. The molecule has 0 bridgehead atoms. The Bertz CT molecular complexity index is 734. The van der Waals surface area contributed by atoms with Crippen LogP contribution in [-0.2, 0) is 27.3 Å². The van der Waals surface area contributed by atoms with Crippen molar-refractivity contribution in [2.45, 2.75) is 25.4 Å². The number of benzene rings is 1. The number of rotatable bonds is 7. The molecule has 2 N–H and O–H groups in total. The van der Waals surface area contributed by atoms with Crippen molar-refractivity contribution in [2.24, 2.45) is 0 Å². The average Bonchev–Trinajstić information content (AvgIpc) is 3.04. The van der Waals surface area contributed by atoms with Crippen LogP contribution in [0.25, 0.3) is 0 Å². The Morgan fingerprint density at radius 3 is 2.80 bits per heavy atom. The molecule has 1 aliphatic rings. The van der Waals surface area contributed by atoms with Crippen LogP contribution in [-0.4, -0.2) is 30.0 Å². The van der Waals surface area contributed by atoms with Crippen LogP contribution in [0.5, 0.6) is 0 Å². The summed E-state index contributed by atoms with van der Waals surface area (Å²) < 4.78 is 5.20. The van der Waals surface area contributed by atoms with Crippen molar-refractivity contribution < 1.29 is 14.3 Å². The number of nitrogens with zero attached hydrogens (tertiary/aromatic N) is 1. The van der Waals surface area contributed by atoms with E-state index in [1.807, 2.05) is 30.3 Å². The lowest BCUT2D eigenvalue weighted by Gasteiger charge is -2.14. The minimum Gasteiger partial charge on any atom is -0.362 e. The molecule has 25 heavy (non-hydrogen) atoms. The number of pyridine rings is 1. The number of aromatic nitrogens is 1. The van der Waals surface area contributed by atoms with E-state index >= 15 is 0 Å². The summed E-state index contributed by atoms with van der Waals surface area (Å²) in [4.78, 5) is 27.7. The van der Waals surface area contributed by atoms with Gasteiger partial charge in [0.1, 0.15) is 13.2 Å². The van der Waals surface area contributed by atoms with Gasteiger partial charge in [-0.3, -0.25) is 14.6 Å². The number of hydrogen-bond acceptors (Lipinski definition) is 4. The van der Waals surface area contributed by atoms with Gasteiger partial charge in [-0.05, 0) is 35.6 Å². The summed E-state index contributed by atoms with van der Waals surface area (Å²) in [5.74, 6) is -0.468. The first-order valence-electron chi connectivity index (χ1n) is 8.33. The Kier molecular flexibility index (Phi) is 5.74. The maximum atomic E-state index is 12.0. The second-order valence-corrected chi connectivity index (χ2v) is 5.99. The van der Waals surface area contributed by atoms with Crippen molar-refractivity contribution in [3.8, 4) is 0 Å². The van der Waals surface area contributed by atoms with Crippen molar-refractivity contribution in [1.29, 1.82) is 0 Å². The smallest absolute Gasteiger partial charge is 0.246 e. The number of aryl methyl sites for hydroxylation is 1. The lowest BCUT2D eigenvalue weighted by molar-refractivity contribution is -0.131. The summed E-state index contributed by atoms with van der Waals surface area (Å²) in [6.45, 7) is 0.120. The van der Waals surface area contributed by atoms with Gasteiger partial charge in [-0.15, -0.1) is 0 Å². The zero-order chi connectivity index (χ0) is 17.5. The number of carbonyl (C=O) groups excluding carboxylic acids is 2. The molecule has 6 heteroatoms. The van der Waals surface area contributed by atoms with Crippen LogP contribution < -0.4 is 10.6 Å². The van der Waals surface area contributed by atoms with Crippen LogP contribution in [0.15, 0.2) is 48.8 Å². The van der Waals surface area contributed by atoms with Crippen molar-refractivity contribution in [3.05, 3.63) is 65.5 Å². The summed E-state index contributed by atoms with van der Waals surface area (Å²) in [5, 5.41) is 5.69. The number of ether oxygens (including phenoxy) is 1. The molecule has 2 aromatic rings. The molecule has 0 aliphatic heterocycles. The van der Waals surface area contributed by atoms with E-state index in [9.17, 15) is 9.59 Å². The minimum absolute atomic E-state index is 0.0340. The Morgan fingerprint density at radius 1 is 1.12 bits per heavy atom. The molecule has 1 atom stereocenters. The predicted octanol–water partition coefficient (Wildman–Crippen LogP) is 1.52. The van der Waals surface area contributed by atoms with Gasteiger partial charge >= 0.3 is 0 Å². The summed E-state index contributed by atoms with van der Waals surface area (Å²) in [6.07, 6.45) is 5.24. The zero-order valence-electron chi connectivity index (χ0n) is 13.9. The van der Waals surface area contributed by atoms with Crippen LogP contribution in [0.4, 0.5) is 0 Å². The Hall–Kier alpha value is -2.73. The third kappa shape index (κ3) is 4.87. The van der Waals surface area contributed by atoms with Gasteiger partial charge in [-0.2, -0.15) is 0 Å². The van der Waals surface area contributed by atoms with E-state index in [4.69, 9.17) is 4.74 Å². The van der Waals surface area contributed by atoms with E-state index < -0.39 is 0 Å². The fourth-order valence-electron chi connectivity index (χ4n) is 2.93. The standard InChI is InChI=1S/C19H21N3O3/c23-18(21-11-14-4-3-9-20-10-14)12-25-13-19(24)22-17-8-7-15-5-1-2-6-16(15)17/h1-6,9-10,17H,7-8,11-13H2,(H,21,23)(H,22,24)/t17-/m0/s1. The van der Waals surface area contributed by atoms with Crippen LogP contribution in [0.3, 0.4) is 0 Å².